The summed E-state index contributed by atoms with van der Waals surface area (Å²) >= 11 is 0. The lowest BCUT2D eigenvalue weighted by atomic mass is 10.0. The van der Waals surface area contributed by atoms with Crippen molar-refractivity contribution in [3.8, 4) is 11.5 Å². The zero-order chi connectivity index (χ0) is 17.9. The summed E-state index contributed by atoms with van der Waals surface area (Å²) in [4.78, 5) is 11.6. The van der Waals surface area contributed by atoms with Crippen molar-refractivity contribution >= 4 is 0 Å². The quantitative estimate of drug-likeness (QED) is 0.670. The van der Waals surface area contributed by atoms with Crippen LogP contribution in [0.3, 0.4) is 0 Å². The van der Waals surface area contributed by atoms with E-state index in [0.29, 0.717) is 5.89 Å². The molecule has 0 aliphatic carbocycles. The van der Waals surface area contributed by atoms with Crippen molar-refractivity contribution in [1.82, 2.24) is 20.0 Å². The van der Waals surface area contributed by atoms with E-state index < -0.39 is 0 Å². The van der Waals surface area contributed by atoms with Crippen LogP contribution in [0.5, 0.6) is 0 Å². The molecule has 1 atom stereocenters. The lowest BCUT2D eigenvalue weighted by molar-refractivity contribution is 0.110. The molecule has 6 heteroatoms. The number of hydrogen-bond acceptors (Lipinski definition) is 6. The molecule has 2 aromatic heterocycles. The van der Waals surface area contributed by atoms with Crippen molar-refractivity contribution < 1.29 is 8.94 Å². The summed E-state index contributed by atoms with van der Waals surface area (Å²) in [5, 5.41) is 4.13. The standard InChI is InChI=1S/C20H24N4O2/c1-14(2)18-22-20(26-23-18)17-10-6-7-11-24(17)12-16-13-25-19(21-16)15-8-4-3-5-9-15/h3-5,8-9,13-14,17H,6-7,10-12H2,1-2H3/t17-/m1/s1. The first kappa shape index (κ1) is 17.0. The van der Waals surface area contributed by atoms with Crippen LogP contribution in [0.4, 0.5) is 0 Å². The Labute approximate surface area is 153 Å². The lowest BCUT2D eigenvalue weighted by Gasteiger charge is -2.32. The zero-order valence-corrected chi connectivity index (χ0v) is 15.3. The topological polar surface area (TPSA) is 68.2 Å². The Morgan fingerprint density at radius 1 is 1.15 bits per heavy atom. The van der Waals surface area contributed by atoms with Gasteiger partial charge in [0.25, 0.3) is 0 Å². The second-order valence-electron chi connectivity index (χ2n) is 7.14. The minimum atomic E-state index is 0.153. The van der Waals surface area contributed by atoms with Gasteiger partial charge in [-0.05, 0) is 31.5 Å². The summed E-state index contributed by atoms with van der Waals surface area (Å²) in [6.07, 6.45) is 5.13. The SMILES string of the molecule is CC(C)c1noc([C@H]2CCCCN2Cc2coc(-c3ccccc3)n2)n1. The molecule has 1 fully saturated rings. The summed E-state index contributed by atoms with van der Waals surface area (Å²) in [5.41, 5.74) is 1.92. The molecular formula is C20H24N4O2. The van der Waals surface area contributed by atoms with Gasteiger partial charge in [-0.2, -0.15) is 4.98 Å². The largest absolute Gasteiger partial charge is 0.444 e. The van der Waals surface area contributed by atoms with Crippen molar-refractivity contribution in [1.29, 1.82) is 0 Å². The Hall–Kier alpha value is -2.47. The Kier molecular flexibility index (Phi) is 4.84. The van der Waals surface area contributed by atoms with Gasteiger partial charge in [-0.3, -0.25) is 4.90 Å². The van der Waals surface area contributed by atoms with Crippen LogP contribution in [-0.4, -0.2) is 26.6 Å². The Morgan fingerprint density at radius 3 is 2.77 bits per heavy atom. The first-order chi connectivity index (χ1) is 12.7. The molecule has 26 heavy (non-hydrogen) atoms. The van der Waals surface area contributed by atoms with Crippen LogP contribution in [0.25, 0.3) is 11.5 Å². The molecule has 0 radical (unpaired) electrons. The van der Waals surface area contributed by atoms with Crippen molar-refractivity contribution in [2.24, 2.45) is 0 Å². The molecule has 6 nitrogen and oxygen atoms in total. The molecule has 4 rings (SSSR count). The maximum atomic E-state index is 5.68. The third-order valence-electron chi connectivity index (χ3n) is 4.81. The average molecular weight is 352 g/mol. The highest BCUT2D eigenvalue weighted by atomic mass is 16.5. The van der Waals surface area contributed by atoms with E-state index >= 15 is 0 Å². The molecule has 3 heterocycles. The molecular weight excluding hydrogens is 328 g/mol. The van der Waals surface area contributed by atoms with Gasteiger partial charge in [0.15, 0.2) is 5.82 Å². The zero-order valence-electron chi connectivity index (χ0n) is 15.3. The second kappa shape index (κ2) is 7.41. The molecule has 0 spiro atoms. The van der Waals surface area contributed by atoms with Gasteiger partial charge >= 0.3 is 0 Å². The highest BCUT2D eigenvalue weighted by molar-refractivity contribution is 5.52. The normalized spacial score (nSPS) is 18.5. The van der Waals surface area contributed by atoms with Gasteiger partial charge in [0.05, 0.1) is 11.7 Å². The average Bonchev–Trinajstić information content (AvgIpc) is 3.33. The summed E-state index contributed by atoms with van der Waals surface area (Å²) < 4.78 is 11.2. The van der Waals surface area contributed by atoms with Gasteiger partial charge in [-0.1, -0.05) is 43.6 Å². The number of piperidine rings is 1. The van der Waals surface area contributed by atoms with Crippen LogP contribution in [0, 0.1) is 0 Å². The minimum absolute atomic E-state index is 0.153. The molecule has 0 saturated carbocycles. The molecule has 1 aliphatic heterocycles. The number of rotatable bonds is 5. The van der Waals surface area contributed by atoms with E-state index in [1.807, 2.05) is 30.3 Å². The van der Waals surface area contributed by atoms with E-state index in [1.165, 1.54) is 12.8 Å². The molecule has 3 aromatic rings. The van der Waals surface area contributed by atoms with E-state index in [-0.39, 0.29) is 12.0 Å². The molecule has 1 saturated heterocycles. The fourth-order valence-corrected chi connectivity index (χ4v) is 3.38. The lowest BCUT2D eigenvalue weighted by Crippen LogP contribution is -2.33. The van der Waals surface area contributed by atoms with E-state index in [1.54, 1.807) is 6.26 Å². The number of aromatic nitrogens is 3. The number of nitrogens with zero attached hydrogens (tertiary/aromatic N) is 4. The summed E-state index contributed by atoms with van der Waals surface area (Å²) in [6, 6.07) is 10.1. The van der Waals surface area contributed by atoms with Gasteiger partial charge in [-0.15, -0.1) is 0 Å². The number of hydrogen-bond donors (Lipinski definition) is 0. The number of oxazole rings is 1. The third-order valence-corrected chi connectivity index (χ3v) is 4.81. The first-order valence-corrected chi connectivity index (χ1v) is 9.28. The number of benzene rings is 1. The highest BCUT2D eigenvalue weighted by Gasteiger charge is 2.29. The van der Waals surface area contributed by atoms with Crippen molar-refractivity contribution in [2.75, 3.05) is 6.54 Å². The van der Waals surface area contributed by atoms with E-state index in [4.69, 9.17) is 8.94 Å². The van der Waals surface area contributed by atoms with E-state index in [0.717, 1.165) is 42.5 Å². The Bertz CT molecular complexity index is 840. The van der Waals surface area contributed by atoms with Gasteiger partial charge in [0.2, 0.25) is 11.8 Å². The van der Waals surface area contributed by atoms with Crippen LogP contribution < -0.4 is 0 Å². The summed E-state index contributed by atoms with van der Waals surface area (Å²) in [5.74, 6) is 2.43. The van der Waals surface area contributed by atoms with Gasteiger partial charge in [0.1, 0.15) is 6.26 Å². The van der Waals surface area contributed by atoms with Gasteiger partial charge in [0, 0.05) is 18.0 Å². The molecule has 1 aliphatic rings. The number of likely N-dealkylation sites (tertiary alicyclic amines) is 1. The fourth-order valence-electron chi connectivity index (χ4n) is 3.38. The summed E-state index contributed by atoms with van der Waals surface area (Å²) in [7, 11) is 0. The molecule has 0 bridgehead atoms. The predicted octanol–water partition coefficient (Wildman–Crippen LogP) is 4.58. The fraction of sp³-hybridized carbons (Fsp3) is 0.450. The third kappa shape index (κ3) is 3.55. The molecule has 0 amide bonds. The monoisotopic (exact) mass is 352 g/mol. The van der Waals surface area contributed by atoms with E-state index in [2.05, 4.69) is 33.9 Å². The van der Waals surface area contributed by atoms with Crippen LogP contribution in [0.1, 0.15) is 62.5 Å². The van der Waals surface area contributed by atoms with Crippen molar-refractivity contribution in [3.05, 3.63) is 54.0 Å². The van der Waals surface area contributed by atoms with Crippen LogP contribution in [0.2, 0.25) is 0 Å². The maximum absolute atomic E-state index is 5.68. The first-order valence-electron chi connectivity index (χ1n) is 9.28. The Morgan fingerprint density at radius 2 is 2.00 bits per heavy atom. The minimum Gasteiger partial charge on any atom is -0.444 e. The van der Waals surface area contributed by atoms with Gasteiger partial charge < -0.3 is 8.94 Å². The summed E-state index contributed by atoms with van der Waals surface area (Å²) in [6.45, 7) is 5.87. The highest BCUT2D eigenvalue weighted by Crippen LogP contribution is 2.32. The second-order valence-corrected chi connectivity index (χ2v) is 7.14. The van der Waals surface area contributed by atoms with Crippen LogP contribution >= 0.6 is 0 Å². The van der Waals surface area contributed by atoms with E-state index in [9.17, 15) is 0 Å². The van der Waals surface area contributed by atoms with Crippen LogP contribution in [-0.2, 0) is 6.54 Å². The van der Waals surface area contributed by atoms with Gasteiger partial charge in [-0.25, -0.2) is 4.98 Å². The maximum Gasteiger partial charge on any atom is 0.244 e. The molecule has 1 aromatic carbocycles. The molecule has 136 valence electrons. The molecule has 0 unspecified atom stereocenters. The smallest absolute Gasteiger partial charge is 0.244 e. The Balaban J connectivity index is 1.51. The molecule has 0 N–H and O–H groups in total. The van der Waals surface area contributed by atoms with Crippen molar-refractivity contribution in [2.45, 2.75) is 51.6 Å². The van der Waals surface area contributed by atoms with Crippen molar-refractivity contribution in [3.63, 3.8) is 0 Å². The van der Waals surface area contributed by atoms with Crippen LogP contribution in [0.15, 0.2) is 45.5 Å². The predicted molar refractivity (Wildman–Crippen MR) is 97.3 cm³/mol.